The molecule has 0 unspecified atom stereocenters. The molecule has 0 aliphatic rings. The number of rotatable bonds is 1. The largest absolute Gasteiger partial charge is 0.400 e. The quantitative estimate of drug-likeness (QED) is 0.601. The summed E-state index contributed by atoms with van der Waals surface area (Å²) in [6.07, 6.45) is 0.844. The van der Waals surface area contributed by atoms with Crippen LogP contribution in [0.2, 0.25) is 0 Å². The number of aliphatic hydroxyl groups is 1. The molecule has 0 fully saturated rings. The Hall–Kier alpha value is -0.670. The Morgan fingerprint density at radius 3 is 2.56 bits per heavy atom. The van der Waals surface area contributed by atoms with Gasteiger partial charge in [0.1, 0.15) is 0 Å². The van der Waals surface area contributed by atoms with Crippen molar-refractivity contribution in [2.75, 3.05) is 7.11 Å². The zero-order valence-corrected chi connectivity index (χ0v) is 5.89. The summed E-state index contributed by atoms with van der Waals surface area (Å²) >= 11 is 1.53. The highest BCUT2D eigenvalue weighted by Crippen LogP contribution is 2.00. The maximum atomic E-state index is 9.87. The van der Waals surface area contributed by atoms with Gasteiger partial charge in [-0.1, -0.05) is 0 Å². The van der Waals surface area contributed by atoms with E-state index in [0.29, 0.717) is 0 Å². The predicted octanol–water partition coefficient (Wildman–Crippen LogP) is 1.17. The van der Waals surface area contributed by atoms with Crippen LogP contribution in [0.4, 0.5) is 0 Å². The molecule has 1 rings (SSSR count). The van der Waals surface area contributed by atoms with Gasteiger partial charge in [-0.05, 0) is 11.4 Å². The molecule has 9 heavy (non-hydrogen) atoms. The van der Waals surface area contributed by atoms with Gasteiger partial charge in [-0.15, -0.1) is 0 Å². The Labute approximate surface area is 57.8 Å². The average Bonchev–Trinajstić information content (AvgIpc) is 2.43. The van der Waals surface area contributed by atoms with E-state index in [0.717, 1.165) is 19.0 Å². The lowest BCUT2D eigenvalue weighted by atomic mass is 10.4. The zero-order chi connectivity index (χ0) is 7.11. The number of thiophene rings is 1. The number of carbonyl (C=O) groups is 1. The van der Waals surface area contributed by atoms with Crippen LogP contribution in [0.5, 0.6) is 0 Å². The fourth-order valence-electron chi connectivity index (χ4n) is 0.342. The number of hydrogen-bond donors (Lipinski definition) is 1. The Morgan fingerprint density at radius 2 is 2.33 bits per heavy atom. The lowest BCUT2D eigenvalue weighted by molar-refractivity contribution is 0.112. The Kier molecular flexibility index (Phi) is 5.06. The minimum atomic E-state index is 0.769. The summed E-state index contributed by atoms with van der Waals surface area (Å²) in [7, 11) is 1.00. The molecule has 1 aromatic rings. The molecule has 0 saturated carbocycles. The fourth-order valence-corrected chi connectivity index (χ4v) is 0.948. The molecule has 0 amide bonds. The molecule has 0 saturated heterocycles. The molecule has 0 aromatic carbocycles. The summed E-state index contributed by atoms with van der Waals surface area (Å²) in [5, 5.41) is 10.7. The molecule has 0 bridgehead atoms. The van der Waals surface area contributed by atoms with E-state index < -0.39 is 0 Å². The number of carbonyl (C=O) groups excluding carboxylic acids is 1. The van der Waals surface area contributed by atoms with Crippen molar-refractivity contribution in [3.63, 3.8) is 0 Å². The van der Waals surface area contributed by atoms with Crippen LogP contribution in [0.25, 0.3) is 0 Å². The summed E-state index contributed by atoms with van der Waals surface area (Å²) in [6, 6.07) is 1.79. The first kappa shape index (κ1) is 8.33. The summed E-state index contributed by atoms with van der Waals surface area (Å²) in [5.41, 5.74) is 0.769. The van der Waals surface area contributed by atoms with Gasteiger partial charge in [-0.25, -0.2) is 0 Å². The third-order valence-electron chi connectivity index (χ3n) is 0.679. The maximum absolute atomic E-state index is 9.87. The molecule has 1 N–H and O–H groups in total. The van der Waals surface area contributed by atoms with Gasteiger partial charge in [0.2, 0.25) is 0 Å². The third kappa shape index (κ3) is 3.00. The van der Waals surface area contributed by atoms with E-state index in [1.54, 1.807) is 6.07 Å². The van der Waals surface area contributed by atoms with Gasteiger partial charge in [0.25, 0.3) is 0 Å². The SMILES string of the molecule is CO.O=Cc1ccsc1. The summed E-state index contributed by atoms with van der Waals surface area (Å²) in [6.45, 7) is 0. The zero-order valence-electron chi connectivity index (χ0n) is 5.07. The molecule has 1 aromatic heterocycles. The maximum Gasteiger partial charge on any atom is 0.150 e. The van der Waals surface area contributed by atoms with E-state index in [4.69, 9.17) is 5.11 Å². The van der Waals surface area contributed by atoms with Crippen molar-refractivity contribution < 1.29 is 9.90 Å². The van der Waals surface area contributed by atoms with Gasteiger partial charge in [0, 0.05) is 18.1 Å². The predicted molar refractivity (Wildman–Crippen MR) is 37.8 cm³/mol. The van der Waals surface area contributed by atoms with Crippen molar-refractivity contribution >= 4 is 17.6 Å². The molecular formula is C6H8O2S. The Morgan fingerprint density at radius 1 is 1.67 bits per heavy atom. The molecule has 2 nitrogen and oxygen atoms in total. The smallest absolute Gasteiger partial charge is 0.150 e. The molecule has 3 heteroatoms. The van der Waals surface area contributed by atoms with Gasteiger partial charge in [-0.3, -0.25) is 4.79 Å². The molecule has 0 atom stereocenters. The molecule has 0 aliphatic heterocycles. The van der Waals surface area contributed by atoms with Gasteiger partial charge >= 0.3 is 0 Å². The highest BCUT2D eigenvalue weighted by atomic mass is 32.1. The van der Waals surface area contributed by atoms with Gasteiger partial charge in [0.15, 0.2) is 6.29 Å². The van der Waals surface area contributed by atoms with Crippen molar-refractivity contribution in [2.45, 2.75) is 0 Å². The van der Waals surface area contributed by atoms with Gasteiger partial charge in [0.05, 0.1) is 0 Å². The number of aldehydes is 1. The van der Waals surface area contributed by atoms with Crippen molar-refractivity contribution in [3.05, 3.63) is 22.4 Å². The van der Waals surface area contributed by atoms with Crippen LogP contribution in [-0.2, 0) is 0 Å². The molecule has 1 heterocycles. The summed E-state index contributed by atoms with van der Waals surface area (Å²) < 4.78 is 0. The minimum absolute atomic E-state index is 0.769. The monoisotopic (exact) mass is 144 g/mol. The van der Waals surface area contributed by atoms with Gasteiger partial charge < -0.3 is 5.11 Å². The fraction of sp³-hybridized carbons (Fsp3) is 0.167. The van der Waals surface area contributed by atoms with Crippen molar-refractivity contribution in [1.82, 2.24) is 0 Å². The highest BCUT2D eigenvalue weighted by molar-refractivity contribution is 7.08. The molecular weight excluding hydrogens is 136 g/mol. The third-order valence-corrected chi connectivity index (χ3v) is 1.38. The topological polar surface area (TPSA) is 37.3 Å². The van der Waals surface area contributed by atoms with Crippen LogP contribution in [0, 0.1) is 0 Å². The van der Waals surface area contributed by atoms with Gasteiger partial charge in [-0.2, -0.15) is 11.3 Å². The second-order valence-corrected chi connectivity index (χ2v) is 1.95. The number of hydrogen-bond acceptors (Lipinski definition) is 3. The van der Waals surface area contributed by atoms with Crippen molar-refractivity contribution in [3.8, 4) is 0 Å². The standard InChI is InChI=1S/C5H4OS.CH4O/c6-3-5-1-2-7-4-5;1-2/h1-4H;2H,1H3. The van der Waals surface area contributed by atoms with Crippen LogP contribution in [-0.4, -0.2) is 18.5 Å². The van der Waals surface area contributed by atoms with E-state index in [1.165, 1.54) is 11.3 Å². The average molecular weight is 144 g/mol. The van der Waals surface area contributed by atoms with Crippen LogP contribution < -0.4 is 0 Å². The first-order valence-corrected chi connectivity index (χ1v) is 3.30. The first-order valence-electron chi connectivity index (χ1n) is 2.35. The van der Waals surface area contributed by atoms with E-state index in [-0.39, 0.29) is 0 Å². The van der Waals surface area contributed by atoms with Crippen LogP contribution >= 0.6 is 11.3 Å². The van der Waals surface area contributed by atoms with Crippen molar-refractivity contribution in [2.24, 2.45) is 0 Å². The lowest BCUT2D eigenvalue weighted by Gasteiger charge is -1.65. The Bertz CT molecular complexity index is 146. The van der Waals surface area contributed by atoms with Crippen molar-refractivity contribution in [1.29, 1.82) is 0 Å². The van der Waals surface area contributed by atoms with Crippen LogP contribution in [0.15, 0.2) is 16.8 Å². The minimum Gasteiger partial charge on any atom is -0.400 e. The molecule has 0 radical (unpaired) electrons. The molecule has 50 valence electrons. The highest BCUT2D eigenvalue weighted by Gasteiger charge is 1.82. The van der Waals surface area contributed by atoms with E-state index in [2.05, 4.69) is 0 Å². The lowest BCUT2D eigenvalue weighted by Crippen LogP contribution is -1.64. The van der Waals surface area contributed by atoms with Crippen LogP contribution in [0.1, 0.15) is 10.4 Å². The molecule has 0 spiro atoms. The van der Waals surface area contributed by atoms with E-state index in [1.807, 2.05) is 10.8 Å². The Balaban J connectivity index is 0.000000291. The summed E-state index contributed by atoms with van der Waals surface area (Å²) in [5.74, 6) is 0. The summed E-state index contributed by atoms with van der Waals surface area (Å²) in [4.78, 5) is 9.87. The number of aliphatic hydroxyl groups excluding tert-OH is 1. The normalized spacial score (nSPS) is 7.33. The second-order valence-electron chi connectivity index (χ2n) is 1.17. The molecule has 0 aliphatic carbocycles. The van der Waals surface area contributed by atoms with Crippen LogP contribution in [0.3, 0.4) is 0 Å². The first-order chi connectivity index (χ1) is 4.43. The second kappa shape index (κ2) is 5.47. The van der Waals surface area contributed by atoms with E-state index in [9.17, 15) is 4.79 Å². The van der Waals surface area contributed by atoms with E-state index >= 15 is 0 Å².